The van der Waals surface area contributed by atoms with E-state index in [0.29, 0.717) is 22.5 Å². The molecule has 2 rings (SSSR count). The third-order valence-corrected chi connectivity index (χ3v) is 3.19. The fourth-order valence-electron chi connectivity index (χ4n) is 1.65. The number of halogens is 2. The minimum Gasteiger partial charge on any atom is -0.373 e. The van der Waals surface area contributed by atoms with Crippen LogP contribution in [0.3, 0.4) is 0 Å². The smallest absolute Gasteiger partial charge is 0.288 e. The van der Waals surface area contributed by atoms with Crippen molar-refractivity contribution >= 4 is 17.6 Å². The summed E-state index contributed by atoms with van der Waals surface area (Å²) >= 11 is 0.535. The average Bonchev–Trinajstić information content (AvgIpc) is 2.38. The minimum absolute atomic E-state index is 0.535. The summed E-state index contributed by atoms with van der Waals surface area (Å²) in [5.74, 6) is -1.01. The number of benzene rings is 1. The van der Waals surface area contributed by atoms with Gasteiger partial charge in [-0.3, -0.25) is 0 Å². The van der Waals surface area contributed by atoms with Crippen LogP contribution in [-0.2, 0) is 0 Å². The molecule has 0 aliphatic carbocycles. The van der Waals surface area contributed by atoms with Crippen molar-refractivity contribution in [1.82, 2.24) is 9.97 Å². The molecule has 0 saturated carbocycles. The molecule has 1 aromatic heterocycles. The Bertz CT molecular complexity index is 558. The van der Waals surface area contributed by atoms with Crippen LogP contribution < -0.4 is 5.32 Å². The number of hydrogen-bond acceptors (Lipinski definition) is 4. The topological polar surface area (TPSA) is 37.8 Å². The molecular formula is C13H13F2N3S. The van der Waals surface area contributed by atoms with Crippen molar-refractivity contribution in [2.24, 2.45) is 0 Å². The second-order valence-electron chi connectivity index (χ2n) is 3.84. The Morgan fingerprint density at radius 2 is 1.84 bits per heavy atom. The van der Waals surface area contributed by atoms with Crippen LogP contribution in [0.1, 0.15) is 5.82 Å². The highest BCUT2D eigenvalue weighted by molar-refractivity contribution is 7.99. The van der Waals surface area contributed by atoms with Gasteiger partial charge in [0.15, 0.2) is 0 Å². The van der Waals surface area contributed by atoms with Gasteiger partial charge in [0.1, 0.15) is 11.6 Å². The van der Waals surface area contributed by atoms with Gasteiger partial charge in [0.05, 0.1) is 5.69 Å². The molecule has 1 heterocycles. The second kappa shape index (κ2) is 5.97. The fraction of sp³-hybridized carbons (Fsp3) is 0.231. The molecule has 1 aromatic carbocycles. The molecule has 0 aliphatic rings. The Kier molecular flexibility index (Phi) is 4.31. The molecule has 0 spiro atoms. The van der Waals surface area contributed by atoms with Gasteiger partial charge >= 0.3 is 0 Å². The highest BCUT2D eigenvalue weighted by Gasteiger charge is 2.07. The van der Waals surface area contributed by atoms with Gasteiger partial charge in [0, 0.05) is 23.6 Å². The predicted octanol–water partition coefficient (Wildman–Crippen LogP) is 3.81. The molecule has 0 amide bonds. The maximum absolute atomic E-state index is 12.2. The second-order valence-corrected chi connectivity index (χ2v) is 4.90. The Hall–Kier alpha value is -1.69. The standard InChI is InChI=1S/C13H13F2N3S/c1-8-17-11(7-12(16-2)18-8)9-3-5-10(6-4-9)19-13(14)15/h3-7,13H,1-2H3,(H,16,17,18). The maximum Gasteiger partial charge on any atom is 0.288 e. The lowest BCUT2D eigenvalue weighted by molar-refractivity contribution is 0.252. The van der Waals surface area contributed by atoms with E-state index in [1.165, 1.54) is 0 Å². The number of aromatic nitrogens is 2. The van der Waals surface area contributed by atoms with E-state index in [2.05, 4.69) is 15.3 Å². The van der Waals surface area contributed by atoms with E-state index in [1.54, 1.807) is 31.3 Å². The molecule has 0 aliphatic heterocycles. The summed E-state index contributed by atoms with van der Waals surface area (Å²) in [5, 5.41) is 2.96. The van der Waals surface area contributed by atoms with Crippen molar-refractivity contribution < 1.29 is 8.78 Å². The van der Waals surface area contributed by atoms with E-state index >= 15 is 0 Å². The van der Waals surface area contributed by atoms with Gasteiger partial charge in [-0.25, -0.2) is 9.97 Å². The molecule has 6 heteroatoms. The van der Waals surface area contributed by atoms with Crippen LogP contribution in [0.5, 0.6) is 0 Å². The van der Waals surface area contributed by atoms with E-state index in [1.807, 2.05) is 13.0 Å². The summed E-state index contributed by atoms with van der Waals surface area (Å²) in [5.41, 5.74) is 1.64. The summed E-state index contributed by atoms with van der Waals surface area (Å²) in [7, 11) is 1.79. The molecular weight excluding hydrogens is 268 g/mol. The summed E-state index contributed by atoms with van der Waals surface area (Å²) in [6.07, 6.45) is 0. The summed E-state index contributed by atoms with van der Waals surface area (Å²) in [6.45, 7) is 1.81. The Labute approximate surface area is 114 Å². The quantitative estimate of drug-likeness (QED) is 0.865. The average molecular weight is 281 g/mol. The summed E-state index contributed by atoms with van der Waals surface area (Å²) in [6, 6.07) is 8.73. The Balaban J connectivity index is 2.29. The van der Waals surface area contributed by atoms with Crippen molar-refractivity contribution in [3.8, 4) is 11.3 Å². The van der Waals surface area contributed by atoms with E-state index in [9.17, 15) is 8.78 Å². The highest BCUT2D eigenvalue weighted by Crippen LogP contribution is 2.27. The number of nitrogens with zero attached hydrogens (tertiary/aromatic N) is 2. The molecule has 0 atom stereocenters. The van der Waals surface area contributed by atoms with E-state index in [0.717, 1.165) is 17.1 Å². The van der Waals surface area contributed by atoms with Gasteiger partial charge in [-0.1, -0.05) is 23.9 Å². The van der Waals surface area contributed by atoms with Crippen molar-refractivity contribution in [1.29, 1.82) is 0 Å². The van der Waals surface area contributed by atoms with Crippen LogP contribution in [0.2, 0.25) is 0 Å². The van der Waals surface area contributed by atoms with Crippen LogP contribution in [0.15, 0.2) is 35.2 Å². The molecule has 0 unspecified atom stereocenters. The van der Waals surface area contributed by atoms with Crippen molar-refractivity contribution in [2.75, 3.05) is 12.4 Å². The molecule has 0 fully saturated rings. The summed E-state index contributed by atoms with van der Waals surface area (Å²) in [4.78, 5) is 9.09. The van der Waals surface area contributed by atoms with E-state index in [-0.39, 0.29) is 0 Å². The molecule has 3 nitrogen and oxygen atoms in total. The Morgan fingerprint density at radius 1 is 1.16 bits per heavy atom. The minimum atomic E-state index is -2.40. The van der Waals surface area contributed by atoms with Crippen molar-refractivity contribution in [2.45, 2.75) is 17.6 Å². The third-order valence-electron chi connectivity index (χ3n) is 2.47. The fourth-order valence-corrected chi connectivity index (χ4v) is 2.15. The number of rotatable bonds is 4. The largest absolute Gasteiger partial charge is 0.373 e. The third kappa shape index (κ3) is 3.64. The van der Waals surface area contributed by atoms with Crippen LogP contribution >= 0.6 is 11.8 Å². The van der Waals surface area contributed by atoms with Gasteiger partial charge in [-0.2, -0.15) is 8.78 Å². The van der Waals surface area contributed by atoms with E-state index < -0.39 is 5.76 Å². The molecule has 0 radical (unpaired) electrons. The maximum atomic E-state index is 12.2. The first kappa shape index (κ1) is 13.7. The monoisotopic (exact) mass is 281 g/mol. The van der Waals surface area contributed by atoms with Gasteiger partial charge in [-0.05, 0) is 19.1 Å². The zero-order chi connectivity index (χ0) is 13.8. The van der Waals surface area contributed by atoms with Gasteiger partial charge in [0.25, 0.3) is 5.76 Å². The number of nitrogens with one attached hydrogen (secondary N) is 1. The van der Waals surface area contributed by atoms with Gasteiger partial charge in [0.2, 0.25) is 0 Å². The van der Waals surface area contributed by atoms with Crippen LogP contribution in [0.25, 0.3) is 11.3 Å². The van der Waals surface area contributed by atoms with Crippen molar-refractivity contribution in [3.05, 3.63) is 36.2 Å². The molecule has 0 saturated heterocycles. The molecule has 2 aromatic rings. The molecule has 19 heavy (non-hydrogen) atoms. The van der Waals surface area contributed by atoms with Crippen molar-refractivity contribution in [3.63, 3.8) is 0 Å². The van der Waals surface area contributed by atoms with Crippen LogP contribution in [0, 0.1) is 6.92 Å². The lowest BCUT2D eigenvalue weighted by Crippen LogP contribution is -1.98. The van der Waals surface area contributed by atoms with Gasteiger partial charge < -0.3 is 5.32 Å². The first-order valence-corrected chi connectivity index (χ1v) is 6.55. The predicted molar refractivity (Wildman–Crippen MR) is 73.6 cm³/mol. The molecule has 0 bridgehead atoms. The summed E-state index contributed by atoms with van der Waals surface area (Å²) < 4.78 is 24.5. The number of thioether (sulfide) groups is 1. The zero-order valence-electron chi connectivity index (χ0n) is 10.5. The number of alkyl halides is 2. The lowest BCUT2D eigenvalue weighted by Gasteiger charge is -2.06. The molecule has 100 valence electrons. The van der Waals surface area contributed by atoms with Gasteiger partial charge in [-0.15, -0.1) is 0 Å². The highest BCUT2D eigenvalue weighted by atomic mass is 32.2. The SMILES string of the molecule is CNc1cc(-c2ccc(SC(F)F)cc2)nc(C)n1. The lowest BCUT2D eigenvalue weighted by atomic mass is 10.1. The van der Waals surface area contributed by atoms with E-state index in [4.69, 9.17) is 0 Å². The normalized spacial score (nSPS) is 10.8. The number of aryl methyl sites for hydroxylation is 1. The number of anilines is 1. The first-order chi connectivity index (χ1) is 9.08. The number of hydrogen-bond donors (Lipinski definition) is 1. The van der Waals surface area contributed by atoms with Crippen LogP contribution in [0.4, 0.5) is 14.6 Å². The Morgan fingerprint density at radius 3 is 2.42 bits per heavy atom. The molecule has 1 N–H and O–H groups in total. The van der Waals surface area contributed by atoms with Crippen LogP contribution in [-0.4, -0.2) is 22.8 Å². The first-order valence-electron chi connectivity index (χ1n) is 5.67. The zero-order valence-corrected chi connectivity index (χ0v) is 11.3.